The van der Waals surface area contributed by atoms with Gasteiger partial charge in [0.05, 0.1) is 11.7 Å². The molecule has 4 heteroatoms. The van der Waals surface area contributed by atoms with E-state index >= 15 is 0 Å². The number of piperidine rings is 1. The van der Waals surface area contributed by atoms with E-state index in [1.54, 1.807) is 12.4 Å². The van der Waals surface area contributed by atoms with Gasteiger partial charge in [0.25, 0.3) is 0 Å². The molecule has 2 N–H and O–H groups in total. The van der Waals surface area contributed by atoms with Gasteiger partial charge in [-0.15, -0.1) is 0 Å². The molecule has 0 spiro atoms. The normalized spacial score (nSPS) is 28.9. The maximum absolute atomic E-state index is 6.02. The molecule has 0 radical (unpaired) electrons. The van der Waals surface area contributed by atoms with Crippen LogP contribution in [0.25, 0.3) is 0 Å². The van der Waals surface area contributed by atoms with E-state index in [1.807, 2.05) is 6.20 Å². The van der Waals surface area contributed by atoms with Crippen molar-refractivity contribution in [3.63, 3.8) is 0 Å². The first kappa shape index (κ1) is 11.5. The number of nitrogens with two attached hydrogens (primary N) is 1. The molecule has 3 unspecified atom stereocenters. The van der Waals surface area contributed by atoms with Crippen LogP contribution < -0.4 is 5.73 Å². The van der Waals surface area contributed by atoms with Gasteiger partial charge in [0.1, 0.15) is 0 Å². The second-order valence-corrected chi connectivity index (χ2v) is 4.73. The van der Waals surface area contributed by atoms with Gasteiger partial charge in [0.15, 0.2) is 0 Å². The number of likely N-dealkylation sites (tertiary alicyclic amines) is 1. The van der Waals surface area contributed by atoms with Gasteiger partial charge in [-0.2, -0.15) is 0 Å². The fourth-order valence-electron chi connectivity index (χ4n) is 2.26. The van der Waals surface area contributed by atoms with Crippen LogP contribution in [0.5, 0.6) is 0 Å². The average molecular weight is 220 g/mol. The van der Waals surface area contributed by atoms with Crippen molar-refractivity contribution in [2.75, 3.05) is 13.1 Å². The maximum Gasteiger partial charge on any atom is 0.0755 e. The molecular weight excluding hydrogens is 200 g/mol. The van der Waals surface area contributed by atoms with Crippen molar-refractivity contribution in [1.29, 1.82) is 0 Å². The van der Waals surface area contributed by atoms with Crippen molar-refractivity contribution in [3.8, 4) is 0 Å². The molecule has 1 aromatic rings. The Morgan fingerprint density at radius 1 is 1.50 bits per heavy atom. The summed E-state index contributed by atoms with van der Waals surface area (Å²) >= 11 is 0. The summed E-state index contributed by atoms with van der Waals surface area (Å²) in [4.78, 5) is 10.9. The van der Waals surface area contributed by atoms with Gasteiger partial charge in [0, 0.05) is 37.7 Å². The van der Waals surface area contributed by atoms with Crippen LogP contribution in [0.1, 0.15) is 32.0 Å². The fourth-order valence-corrected chi connectivity index (χ4v) is 2.26. The second kappa shape index (κ2) is 4.89. The first-order valence-electron chi connectivity index (χ1n) is 5.94. The minimum Gasteiger partial charge on any atom is -0.327 e. The molecule has 0 bridgehead atoms. The lowest BCUT2D eigenvalue weighted by Crippen LogP contribution is -2.46. The van der Waals surface area contributed by atoms with E-state index in [0.29, 0.717) is 18.0 Å². The predicted molar refractivity (Wildman–Crippen MR) is 63.8 cm³/mol. The van der Waals surface area contributed by atoms with Gasteiger partial charge in [-0.25, -0.2) is 0 Å². The van der Waals surface area contributed by atoms with E-state index in [4.69, 9.17) is 5.73 Å². The molecule has 1 aliphatic rings. The van der Waals surface area contributed by atoms with Gasteiger partial charge >= 0.3 is 0 Å². The highest BCUT2D eigenvalue weighted by atomic mass is 15.2. The molecule has 4 nitrogen and oxygen atoms in total. The van der Waals surface area contributed by atoms with Crippen LogP contribution in [0.2, 0.25) is 0 Å². The summed E-state index contributed by atoms with van der Waals surface area (Å²) in [5.74, 6) is 0.563. The molecule has 1 aromatic heterocycles. The summed E-state index contributed by atoms with van der Waals surface area (Å²) in [5, 5.41) is 0. The molecule has 3 atom stereocenters. The Balaban J connectivity index is 2.03. The maximum atomic E-state index is 6.02. The highest BCUT2D eigenvalue weighted by Crippen LogP contribution is 2.24. The third kappa shape index (κ3) is 2.39. The second-order valence-electron chi connectivity index (χ2n) is 4.73. The Bertz CT molecular complexity index is 327. The van der Waals surface area contributed by atoms with Crippen LogP contribution in [0.15, 0.2) is 18.6 Å². The average Bonchev–Trinajstić information content (AvgIpc) is 2.33. The molecule has 0 amide bonds. The SMILES string of the molecule is CC1CN(C(C)c2cnccn2)CCC1N. The third-order valence-electron chi connectivity index (χ3n) is 3.56. The minimum absolute atomic E-state index is 0.337. The zero-order valence-electron chi connectivity index (χ0n) is 10.0. The standard InChI is InChI=1S/C12H20N4/c1-9-8-16(6-3-11(9)13)10(2)12-7-14-4-5-15-12/h4-5,7,9-11H,3,6,8,13H2,1-2H3. The molecule has 1 aliphatic heterocycles. The summed E-state index contributed by atoms with van der Waals surface area (Å²) in [6.07, 6.45) is 6.39. The number of hydrogen-bond donors (Lipinski definition) is 1. The van der Waals surface area contributed by atoms with Gasteiger partial charge in [-0.3, -0.25) is 14.9 Å². The lowest BCUT2D eigenvalue weighted by atomic mass is 9.93. The zero-order valence-corrected chi connectivity index (χ0v) is 10.0. The minimum atomic E-state index is 0.337. The van der Waals surface area contributed by atoms with Crippen LogP contribution in [0.4, 0.5) is 0 Å². The largest absolute Gasteiger partial charge is 0.327 e. The van der Waals surface area contributed by atoms with Crippen LogP contribution in [-0.4, -0.2) is 34.0 Å². The zero-order chi connectivity index (χ0) is 11.5. The van der Waals surface area contributed by atoms with Crippen molar-refractivity contribution in [2.24, 2.45) is 11.7 Å². The topological polar surface area (TPSA) is 55.0 Å². The van der Waals surface area contributed by atoms with Crippen molar-refractivity contribution in [3.05, 3.63) is 24.3 Å². The lowest BCUT2D eigenvalue weighted by molar-refractivity contribution is 0.122. The molecule has 1 fully saturated rings. The molecular formula is C12H20N4. The van der Waals surface area contributed by atoms with E-state index in [9.17, 15) is 0 Å². The number of nitrogens with zero attached hydrogens (tertiary/aromatic N) is 3. The van der Waals surface area contributed by atoms with Gasteiger partial charge < -0.3 is 5.73 Å². The molecule has 88 valence electrons. The molecule has 2 heterocycles. The van der Waals surface area contributed by atoms with E-state index in [2.05, 4.69) is 28.7 Å². The fraction of sp³-hybridized carbons (Fsp3) is 0.667. The molecule has 2 rings (SSSR count). The van der Waals surface area contributed by atoms with E-state index in [0.717, 1.165) is 25.2 Å². The van der Waals surface area contributed by atoms with Crippen LogP contribution in [-0.2, 0) is 0 Å². The highest BCUT2D eigenvalue weighted by molar-refractivity contribution is 5.02. The summed E-state index contributed by atoms with van der Waals surface area (Å²) in [5.41, 5.74) is 7.07. The molecule has 1 saturated heterocycles. The lowest BCUT2D eigenvalue weighted by Gasteiger charge is -2.38. The Hall–Kier alpha value is -1.00. The highest BCUT2D eigenvalue weighted by Gasteiger charge is 2.27. The number of rotatable bonds is 2. The predicted octanol–water partition coefficient (Wildman–Crippen LogP) is 1.21. The van der Waals surface area contributed by atoms with Crippen molar-refractivity contribution in [1.82, 2.24) is 14.9 Å². The Morgan fingerprint density at radius 3 is 2.94 bits per heavy atom. The van der Waals surface area contributed by atoms with Crippen molar-refractivity contribution >= 4 is 0 Å². The van der Waals surface area contributed by atoms with E-state index < -0.39 is 0 Å². The number of aromatic nitrogens is 2. The van der Waals surface area contributed by atoms with Crippen molar-refractivity contribution < 1.29 is 0 Å². The van der Waals surface area contributed by atoms with Crippen molar-refractivity contribution in [2.45, 2.75) is 32.4 Å². The Kier molecular flexibility index (Phi) is 3.51. The monoisotopic (exact) mass is 220 g/mol. The van der Waals surface area contributed by atoms with Crippen LogP contribution >= 0.6 is 0 Å². The Labute approximate surface area is 96.9 Å². The van der Waals surface area contributed by atoms with E-state index in [1.165, 1.54) is 0 Å². The molecule has 0 aliphatic carbocycles. The van der Waals surface area contributed by atoms with Crippen LogP contribution in [0, 0.1) is 5.92 Å². The number of hydrogen-bond acceptors (Lipinski definition) is 4. The summed E-state index contributed by atoms with van der Waals surface area (Å²) in [6.45, 7) is 6.52. The quantitative estimate of drug-likeness (QED) is 0.814. The van der Waals surface area contributed by atoms with Crippen LogP contribution in [0.3, 0.4) is 0 Å². The molecule has 0 saturated carbocycles. The molecule has 0 aromatic carbocycles. The van der Waals surface area contributed by atoms with Gasteiger partial charge in [-0.1, -0.05) is 6.92 Å². The molecule has 16 heavy (non-hydrogen) atoms. The Morgan fingerprint density at radius 2 is 2.31 bits per heavy atom. The smallest absolute Gasteiger partial charge is 0.0755 e. The third-order valence-corrected chi connectivity index (χ3v) is 3.56. The van der Waals surface area contributed by atoms with Gasteiger partial charge in [-0.05, 0) is 19.3 Å². The van der Waals surface area contributed by atoms with E-state index in [-0.39, 0.29) is 0 Å². The first-order chi connectivity index (χ1) is 7.68. The van der Waals surface area contributed by atoms with Gasteiger partial charge in [0.2, 0.25) is 0 Å². The summed E-state index contributed by atoms with van der Waals surface area (Å²) in [7, 11) is 0. The summed E-state index contributed by atoms with van der Waals surface area (Å²) < 4.78 is 0. The summed E-state index contributed by atoms with van der Waals surface area (Å²) in [6, 6.07) is 0.689. The first-order valence-corrected chi connectivity index (χ1v) is 5.94.